The van der Waals surface area contributed by atoms with Crippen LogP contribution in [0, 0.1) is 0 Å². The third-order valence-corrected chi connectivity index (χ3v) is 3.84. The zero-order valence-corrected chi connectivity index (χ0v) is 10.6. The summed E-state index contributed by atoms with van der Waals surface area (Å²) in [5.41, 5.74) is 0.830. The van der Waals surface area contributed by atoms with Crippen LogP contribution >= 0.6 is 11.8 Å². The molecule has 2 amide bonds. The van der Waals surface area contributed by atoms with Gasteiger partial charge in [0.1, 0.15) is 0 Å². The lowest BCUT2D eigenvalue weighted by Crippen LogP contribution is -2.34. The van der Waals surface area contributed by atoms with Gasteiger partial charge in [0.2, 0.25) is 11.8 Å². The summed E-state index contributed by atoms with van der Waals surface area (Å²) in [6.07, 6.45) is 0.234. The average molecular weight is 250 g/mol. The molecule has 1 aliphatic heterocycles. The van der Waals surface area contributed by atoms with Crippen molar-refractivity contribution in [3.05, 3.63) is 24.3 Å². The summed E-state index contributed by atoms with van der Waals surface area (Å²) in [4.78, 5) is 25.9. The standard InChI is InChI=1S/C12H14N2O2S/c1-14(2)11(15)7-10-12(16)13-8-5-3-4-6-9(8)17-10/h3-6,10H,7H2,1-2H3,(H,13,16). The van der Waals surface area contributed by atoms with Crippen LogP contribution in [0.25, 0.3) is 0 Å². The highest BCUT2D eigenvalue weighted by Gasteiger charge is 2.29. The number of para-hydroxylation sites is 1. The minimum atomic E-state index is -0.334. The Morgan fingerprint density at radius 1 is 1.41 bits per heavy atom. The van der Waals surface area contributed by atoms with Crippen LogP contribution in [-0.4, -0.2) is 36.1 Å². The third kappa shape index (κ3) is 2.61. The number of nitrogens with one attached hydrogen (secondary N) is 1. The molecule has 0 saturated carbocycles. The average Bonchev–Trinajstić information content (AvgIpc) is 2.29. The lowest BCUT2D eigenvalue weighted by molar-refractivity contribution is -0.130. The van der Waals surface area contributed by atoms with Crippen molar-refractivity contribution in [2.45, 2.75) is 16.6 Å². The van der Waals surface area contributed by atoms with E-state index in [1.54, 1.807) is 14.1 Å². The molecule has 1 aromatic rings. The molecule has 90 valence electrons. The minimum absolute atomic E-state index is 0.0305. The predicted molar refractivity (Wildman–Crippen MR) is 68.0 cm³/mol. The van der Waals surface area contributed by atoms with E-state index in [2.05, 4.69) is 5.32 Å². The number of fused-ring (bicyclic) bond motifs is 1. The number of benzene rings is 1. The SMILES string of the molecule is CN(C)C(=O)CC1Sc2ccccc2NC1=O. The summed E-state index contributed by atoms with van der Waals surface area (Å²) >= 11 is 1.45. The second-order valence-electron chi connectivity index (χ2n) is 4.08. The number of thioether (sulfide) groups is 1. The second-order valence-corrected chi connectivity index (χ2v) is 5.33. The Balaban J connectivity index is 2.13. The van der Waals surface area contributed by atoms with E-state index in [9.17, 15) is 9.59 Å². The molecule has 1 atom stereocenters. The fraction of sp³-hybridized carbons (Fsp3) is 0.333. The lowest BCUT2D eigenvalue weighted by atomic mass is 10.2. The van der Waals surface area contributed by atoms with E-state index in [4.69, 9.17) is 0 Å². The topological polar surface area (TPSA) is 49.4 Å². The molecule has 17 heavy (non-hydrogen) atoms. The fourth-order valence-corrected chi connectivity index (χ4v) is 2.67. The first kappa shape index (κ1) is 12.0. The smallest absolute Gasteiger partial charge is 0.238 e. The van der Waals surface area contributed by atoms with Crippen LogP contribution in [0.2, 0.25) is 0 Å². The number of amides is 2. The van der Waals surface area contributed by atoms with E-state index >= 15 is 0 Å². The van der Waals surface area contributed by atoms with E-state index in [0.717, 1.165) is 10.6 Å². The lowest BCUT2D eigenvalue weighted by Gasteiger charge is -2.24. The molecule has 2 rings (SSSR count). The van der Waals surface area contributed by atoms with Gasteiger partial charge in [-0.25, -0.2) is 0 Å². The van der Waals surface area contributed by atoms with Crippen LogP contribution in [0.1, 0.15) is 6.42 Å². The normalized spacial score (nSPS) is 18.2. The molecule has 4 nitrogen and oxygen atoms in total. The summed E-state index contributed by atoms with van der Waals surface area (Å²) in [6, 6.07) is 7.62. The number of hydrogen-bond donors (Lipinski definition) is 1. The van der Waals surface area contributed by atoms with E-state index in [0.29, 0.717) is 0 Å². The monoisotopic (exact) mass is 250 g/mol. The van der Waals surface area contributed by atoms with E-state index in [1.807, 2.05) is 24.3 Å². The first-order chi connectivity index (χ1) is 8.08. The van der Waals surface area contributed by atoms with Crippen molar-refractivity contribution in [1.29, 1.82) is 0 Å². The molecule has 1 heterocycles. The van der Waals surface area contributed by atoms with Gasteiger partial charge in [-0.2, -0.15) is 0 Å². The predicted octanol–water partition coefficient (Wildman–Crippen LogP) is 1.58. The Bertz CT molecular complexity index is 460. The summed E-state index contributed by atoms with van der Waals surface area (Å²) in [5, 5.41) is 2.49. The number of hydrogen-bond acceptors (Lipinski definition) is 3. The number of rotatable bonds is 2. The quantitative estimate of drug-likeness (QED) is 0.867. The molecule has 5 heteroatoms. The molecule has 0 radical (unpaired) electrons. The van der Waals surface area contributed by atoms with Gasteiger partial charge >= 0.3 is 0 Å². The molecule has 1 aliphatic rings. The molecule has 1 aromatic carbocycles. The molecule has 1 unspecified atom stereocenters. The molecule has 0 saturated heterocycles. The second kappa shape index (κ2) is 4.79. The molecule has 1 N–H and O–H groups in total. The van der Waals surface area contributed by atoms with Crippen molar-refractivity contribution in [1.82, 2.24) is 4.90 Å². The zero-order valence-electron chi connectivity index (χ0n) is 9.77. The van der Waals surface area contributed by atoms with Crippen molar-refractivity contribution >= 4 is 29.3 Å². The maximum Gasteiger partial charge on any atom is 0.238 e. The van der Waals surface area contributed by atoms with E-state index in [-0.39, 0.29) is 23.5 Å². The Morgan fingerprint density at radius 2 is 2.12 bits per heavy atom. The van der Waals surface area contributed by atoms with Crippen molar-refractivity contribution in [3.63, 3.8) is 0 Å². The Kier molecular flexibility index (Phi) is 3.38. The zero-order chi connectivity index (χ0) is 12.4. The van der Waals surface area contributed by atoms with Crippen LogP contribution in [0.15, 0.2) is 29.2 Å². The van der Waals surface area contributed by atoms with E-state index < -0.39 is 0 Å². The third-order valence-electron chi connectivity index (χ3n) is 2.57. The van der Waals surface area contributed by atoms with Crippen LogP contribution in [0.4, 0.5) is 5.69 Å². The summed E-state index contributed by atoms with van der Waals surface area (Å²) in [6.45, 7) is 0. The Morgan fingerprint density at radius 3 is 2.82 bits per heavy atom. The fourth-order valence-electron chi connectivity index (χ4n) is 1.57. The maximum absolute atomic E-state index is 11.8. The number of carbonyl (C=O) groups excluding carboxylic acids is 2. The van der Waals surface area contributed by atoms with Crippen LogP contribution in [0.3, 0.4) is 0 Å². The van der Waals surface area contributed by atoms with Crippen molar-refractivity contribution < 1.29 is 9.59 Å². The highest BCUT2D eigenvalue weighted by molar-refractivity contribution is 8.01. The Hall–Kier alpha value is -1.49. The highest BCUT2D eigenvalue weighted by Crippen LogP contribution is 2.36. The summed E-state index contributed by atoms with van der Waals surface area (Å²) < 4.78 is 0. The molecular formula is C12H14N2O2S. The van der Waals surface area contributed by atoms with Gasteiger partial charge in [0, 0.05) is 25.4 Å². The Labute approximate surface area is 104 Å². The van der Waals surface area contributed by atoms with Gasteiger partial charge in [-0.3, -0.25) is 9.59 Å². The van der Waals surface area contributed by atoms with Crippen molar-refractivity contribution in [3.8, 4) is 0 Å². The van der Waals surface area contributed by atoms with Gasteiger partial charge in [-0.15, -0.1) is 11.8 Å². The van der Waals surface area contributed by atoms with Gasteiger partial charge in [-0.1, -0.05) is 12.1 Å². The number of nitrogens with zero attached hydrogens (tertiary/aromatic N) is 1. The van der Waals surface area contributed by atoms with E-state index in [1.165, 1.54) is 16.7 Å². The van der Waals surface area contributed by atoms with Crippen LogP contribution in [-0.2, 0) is 9.59 Å². The number of anilines is 1. The first-order valence-corrected chi connectivity index (χ1v) is 6.22. The van der Waals surface area contributed by atoms with Gasteiger partial charge < -0.3 is 10.2 Å². The maximum atomic E-state index is 11.8. The van der Waals surface area contributed by atoms with Gasteiger partial charge in [0.25, 0.3) is 0 Å². The van der Waals surface area contributed by atoms with Gasteiger partial charge in [0.15, 0.2) is 0 Å². The highest BCUT2D eigenvalue weighted by atomic mass is 32.2. The van der Waals surface area contributed by atoms with Crippen molar-refractivity contribution in [2.75, 3.05) is 19.4 Å². The molecule has 0 aliphatic carbocycles. The van der Waals surface area contributed by atoms with Gasteiger partial charge in [-0.05, 0) is 12.1 Å². The largest absolute Gasteiger partial charge is 0.349 e. The van der Waals surface area contributed by atoms with Crippen LogP contribution < -0.4 is 5.32 Å². The minimum Gasteiger partial charge on any atom is -0.349 e. The first-order valence-electron chi connectivity index (χ1n) is 5.34. The van der Waals surface area contributed by atoms with Gasteiger partial charge in [0.05, 0.1) is 10.9 Å². The number of carbonyl (C=O) groups is 2. The molecule has 0 bridgehead atoms. The van der Waals surface area contributed by atoms with Crippen molar-refractivity contribution in [2.24, 2.45) is 0 Å². The molecular weight excluding hydrogens is 236 g/mol. The molecule has 0 aromatic heterocycles. The summed E-state index contributed by atoms with van der Waals surface area (Å²) in [7, 11) is 3.39. The molecule has 0 fully saturated rings. The van der Waals surface area contributed by atoms with Crippen LogP contribution in [0.5, 0.6) is 0 Å². The summed E-state index contributed by atoms with van der Waals surface area (Å²) in [5.74, 6) is -0.124. The molecule has 0 spiro atoms.